The molecule has 0 aromatic heterocycles. The molecule has 98 valence electrons. The number of amides is 1. The molecule has 0 saturated heterocycles. The Kier molecular flexibility index (Phi) is 5.16. The van der Waals surface area contributed by atoms with Crippen molar-refractivity contribution in [3.63, 3.8) is 0 Å². The van der Waals surface area contributed by atoms with Gasteiger partial charge in [0.1, 0.15) is 5.88 Å². The van der Waals surface area contributed by atoms with Gasteiger partial charge in [0.15, 0.2) is 0 Å². The summed E-state index contributed by atoms with van der Waals surface area (Å²) in [6.45, 7) is 3.68. The molecule has 0 bridgehead atoms. The molecule has 0 saturated carbocycles. The number of alkyl halides is 1. The Labute approximate surface area is 111 Å². The highest BCUT2D eigenvalue weighted by Gasteiger charge is 2.13. The average Bonchev–Trinajstić information content (AvgIpc) is 2.37. The molecule has 0 spiro atoms. The van der Waals surface area contributed by atoms with Gasteiger partial charge in [0.25, 0.3) is 0 Å². The maximum absolute atomic E-state index is 11.4. The maximum Gasteiger partial charge on any atom is 0.338 e. The number of hydrogen-bond acceptors (Lipinski definition) is 3. The van der Waals surface area contributed by atoms with E-state index in [1.807, 2.05) is 19.9 Å². The fraction of sp³-hybridized carbons (Fsp3) is 0.385. The predicted molar refractivity (Wildman–Crippen MR) is 69.8 cm³/mol. The van der Waals surface area contributed by atoms with Crippen molar-refractivity contribution >= 4 is 23.5 Å². The number of carbonyl (C=O) groups excluding carboxylic acids is 2. The molecule has 0 heterocycles. The monoisotopic (exact) mass is 269 g/mol. The molecule has 1 amide bonds. The van der Waals surface area contributed by atoms with Crippen LogP contribution in [-0.2, 0) is 9.53 Å². The van der Waals surface area contributed by atoms with E-state index in [9.17, 15) is 9.59 Å². The molecule has 0 fully saturated rings. The van der Waals surface area contributed by atoms with Crippen molar-refractivity contribution in [2.45, 2.75) is 19.9 Å². The summed E-state index contributed by atoms with van der Waals surface area (Å²) < 4.78 is 4.67. The number of methoxy groups -OCH3 is 1. The lowest BCUT2D eigenvalue weighted by atomic mass is 10.0. The lowest BCUT2D eigenvalue weighted by Crippen LogP contribution is -2.27. The van der Waals surface area contributed by atoms with Crippen LogP contribution in [0, 0.1) is 6.92 Å². The second kappa shape index (κ2) is 6.40. The molecule has 1 N–H and O–H groups in total. The third kappa shape index (κ3) is 3.47. The number of aryl methyl sites for hydroxylation is 1. The van der Waals surface area contributed by atoms with E-state index in [4.69, 9.17) is 11.6 Å². The van der Waals surface area contributed by atoms with Crippen LogP contribution in [0.4, 0.5) is 0 Å². The third-order valence-corrected chi connectivity index (χ3v) is 2.90. The fourth-order valence-electron chi connectivity index (χ4n) is 1.66. The molecule has 5 heteroatoms. The number of carbonyl (C=O) groups is 2. The quantitative estimate of drug-likeness (QED) is 0.673. The molecular weight excluding hydrogens is 254 g/mol. The smallest absolute Gasteiger partial charge is 0.338 e. The van der Waals surface area contributed by atoms with E-state index in [0.29, 0.717) is 5.56 Å². The van der Waals surface area contributed by atoms with Gasteiger partial charge in [-0.05, 0) is 31.0 Å². The summed E-state index contributed by atoms with van der Waals surface area (Å²) in [5.41, 5.74) is 2.25. The van der Waals surface area contributed by atoms with Gasteiger partial charge in [-0.1, -0.05) is 12.1 Å². The highest BCUT2D eigenvalue weighted by molar-refractivity contribution is 6.27. The van der Waals surface area contributed by atoms with Gasteiger partial charge in [-0.15, -0.1) is 11.6 Å². The van der Waals surface area contributed by atoms with Crippen molar-refractivity contribution in [3.05, 3.63) is 34.9 Å². The van der Waals surface area contributed by atoms with Crippen LogP contribution in [0.5, 0.6) is 0 Å². The van der Waals surface area contributed by atoms with Crippen molar-refractivity contribution < 1.29 is 14.3 Å². The summed E-state index contributed by atoms with van der Waals surface area (Å²) in [4.78, 5) is 22.6. The van der Waals surface area contributed by atoms with Crippen LogP contribution in [0.15, 0.2) is 18.2 Å². The molecule has 1 aromatic rings. The number of nitrogens with one attached hydrogen (secondary N) is 1. The Bertz CT molecular complexity index is 460. The van der Waals surface area contributed by atoms with Crippen LogP contribution in [0.3, 0.4) is 0 Å². The van der Waals surface area contributed by atoms with E-state index >= 15 is 0 Å². The predicted octanol–water partition coefficient (Wildman–Crippen LogP) is 2.20. The van der Waals surface area contributed by atoms with Crippen LogP contribution in [0.1, 0.15) is 34.5 Å². The van der Waals surface area contributed by atoms with Gasteiger partial charge in [-0.2, -0.15) is 0 Å². The van der Waals surface area contributed by atoms with Crippen LogP contribution in [0.2, 0.25) is 0 Å². The number of benzene rings is 1. The molecular formula is C13H16ClNO3. The molecule has 1 rings (SSSR count). The molecule has 0 radical (unpaired) electrons. The topological polar surface area (TPSA) is 55.4 Å². The van der Waals surface area contributed by atoms with Gasteiger partial charge in [-0.3, -0.25) is 4.79 Å². The number of esters is 1. The Morgan fingerprint density at radius 1 is 1.44 bits per heavy atom. The summed E-state index contributed by atoms with van der Waals surface area (Å²) in [5, 5.41) is 2.75. The highest BCUT2D eigenvalue weighted by Crippen LogP contribution is 2.18. The summed E-state index contributed by atoms with van der Waals surface area (Å²) in [5.74, 6) is -0.654. The van der Waals surface area contributed by atoms with Gasteiger partial charge in [0.2, 0.25) is 5.91 Å². The molecule has 0 aliphatic rings. The summed E-state index contributed by atoms with van der Waals surface area (Å²) in [7, 11) is 1.35. The van der Waals surface area contributed by atoms with E-state index < -0.39 is 0 Å². The summed E-state index contributed by atoms with van der Waals surface area (Å²) in [6.07, 6.45) is 0. The zero-order chi connectivity index (χ0) is 13.7. The second-order valence-electron chi connectivity index (χ2n) is 3.99. The summed E-state index contributed by atoms with van der Waals surface area (Å²) in [6, 6.07) is 5.19. The fourth-order valence-corrected chi connectivity index (χ4v) is 1.74. The standard InChI is InChI=1S/C13H16ClNO3/c1-8-6-10(9(2)15-12(16)7-14)4-5-11(8)13(17)18-3/h4-6,9H,7H2,1-3H3,(H,15,16)/t9-/m1/s1. The summed E-state index contributed by atoms with van der Waals surface area (Å²) >= 11 is 5.43. The minimum Gasteiger partial charge on any atom is -0.465 e. The molecule has 1 aromatic carbocycles. The largest absolute Gasteiger partial charge is 0.465 e. The lowest BCUT2D eigenvalue weighted by Gasteiger charge is -2.15. The number of rotatable bonds is 4. The highest BCUT2D eigenvalue weighted by atomic mass is 35.5. The first-order chi connectivity index (χ1) is 8.49. The Morgan fingerprint density at radius 2 is 2.11 bits per heavy atom. The third-order valence-electron chi connectivity index (χ3n) is 2.65. The molecule has 1 atom stereocenters. The minimum absolute atomic E-state index is 0.0659. The number of hydrogen-bond donors (Lipinski definition) is 1. The van der Waals surface area contributed by atoms with Crippen LogP contribution in [-0.4, -0.2) is 24.9 Å². The van der Waals surface area contributed by atoms with Crippen LogP contribution in [0.25, 0.3) is 0 Å². The Hall–Kier alpha value is -1.55. The van der Waals surface area contributed by atoms with Gasteiger partial charge in [0.05, 0.1) is 18.7 Å². The Balaban J connectivity index is 2.90. The van der Waals surface area contributed by atoms with Gasteiger partial charge >= 0.3 is 5.97 Å². The van der Waals surface area contributed by atoms with Crippen molar-refractivity contribution in [2.75, 3.05) is 13.0 Å². The lowest BCUT2D eigenvalue weighted by molar-refractivity contribution is -0.119. The Morgan fingerprint density at radius 3 is 2.61 bits per heavy atom. The van der Waals surface area contributed by atoms with Crippen LogP contribution >= 0.6 is 11.6 Å². The first kappa shape index (κ1) is 14.5. The van der Waals surface area contributed by atoms with E-state index in [2.05, 4.69) is 10.1 Å². The maximum atomic E-state index is 11.4. The SMILES string of the molecule is COC(=O)c1ccc([C@@H](C)NC(=O)CCl)cc1C. The molecule has 18 heavy (non-hydrogen) atoms. The van der Waals surface area contributed by atoms with E-state index in [1.54, 1.807) is 12.1 Å². The van der Waals surface area contributed by atoms with E-state index in [-0.39, 0.29) is 23.8 Å². The first-order valence-corrected chi connectivity index (χ1v) is 6.07. The van der Waals surface area contributed by atoms with E-state index in [0.717, 1.165) is 11.1 Å². The molecule has 0 unspecified atom stereocenters. The van der Waals surface area contributed by atoms with E-state index in [1.165, 1.54) is 7.11 Å². The van der Waals surface area contributed by atoms with Crippen LogP contribution < -0.4 is 5.32 Å². The normalized spacial score (nSPS) is 11.8. The number of halogens is 1. The zero-order valence-electron chi connectivity index (χ0n) is 10.6. The molecule has 4 nitrogen and oxygen atoms in total. The van der Waals surface area contributed by atoms with Gasteiger partial charge in [-0.25, -0.2) is 4.79 Å². The second-order valence-corrected chi connectivity index (χ2v) is 4.26. The zero-order valence-corrected chi connectivity index (χ0v) is 11.4. The first-order valence-electron chi connectivity index (χ1n) is 5.53. The van der Waals surface area contributed by atoms with Gasteiger partial charge < -0.3 is 10.1 Å². The van der Waals surface area contributed by atoms with Crippen molar-refractivity contribution in [2.24, 2.45) is 0 Å². The minimum atomic E-state index is -0.364. The molecule has 0 aliphatic carbocycles. The van der Waals surface area contributed by atoms with Crippen molar-refractivity contribution in [3.8, 4) is 0 Å². The average molecular weight is 270 g/mol. The van der Waals surface area contributed by atoms with Crippen molar-refractivity contribution in [1.82, 2.24) is 5.32 Å². The van der Waals surface area contributed by atoms with Gasteiger partial charge in [0, 0.05) is 0 Å². The van der Waals surface area contributed by atoms with Crippen molar-refractivity contribution in [1.29, 1.82) is 0 Å². The number of ether oxygens (including phenoxy) is 1. The molecule has 0 aliphatic heterocycles.